The smallest absolute Gasteiger partial charge is 0.129 e. The second-order valence-electron chi connectivity index (χ2n) is 3.03. The van der Waals surface area contributed by atoms with Crippen LogP contribution in [0.2, 0.25) is 5.15 Å². The summed E-state index contributed by atoms with van der Waals surface area (Å²) in [5.41, 5.74) is 1.61. The molecule has 0 aliphatic rings. The Morgan fingerprint density at radius 2 is 1.93 bits per heavy atom. The number of halogens is 3. The third-order valence-electron chi connectivity index (χ3n) is 1.92. The van der Waals surface area contributed by atoms with E-state index in [4.69, 9.17) is 11.6 Å². The molecule has 4 heteroatoms. The molecule has 0 aliphatic heterocycles. The minimum Gasteiger partial charge on any atom is -0.245 e. The highest BCUT2D eigenvalue weighted by molar-refractivity contribution is 9.10. The molecule has 0 spiro atoms. The lowest BCUT2D eigenvalue weighted by Crippen LogP contribution is -1.82. The van der Waals surface area contributed by atoms with Crippen LogP contribution in [0.25, 0.3) is 11.1 Å². The molecule has 0 saturated carbocycles. The first-order valence-corrected chi connectivity index (χ1v) is 5.40. The van der Waals surface area contributed by atoms with Gasteiger partial charge in [-0.05, 0) is 41.5 Å². The molecular formula is C11H6BrClFN. The van der Waals surface area contributed by atoms with Gasteiger partial charge >= 0.3 is 0 Å². The van der Waals surface area contributed by atoms with Gasteiger partial charge in [0.05, 0.1) is 0 Å². The molecule has 76 valence electrons. The molecule has 1 aromatic carbocycles. The van der Waals surface area contributed by atoms with Crippen molar-refractivity contribution in [3.8, 4) is 11.1 Å². The molecule has 0 amide bonds. The van der Waals surface area contributed by atoms with E-state index < -0.39 is 0 Å². The Morgan fingerprint density at radius 3 is 2.60 bits per heavy atom. The predicted octanol–water partition coefficient (Wildman–Crippen LogP) is 4.30. The molecule has 1 heterocycles. The highest BCUT2D eigenvalue weighted by atomic mass is 79.9. The molecule has 0 atom stereocenters. The summed E-state index contributed by atoms with van der Waals surface area (Å²) in [4.78, 5) is 3.87. The maximum atomic E-state index is 13.1. The summed E-state index contributed by atoms with van der Waals surface area (Å²) in [6, 6.07) is 8.17. The van der Waals surface area contributed by atoms with Crippen molar-refractivity contribution in [1.29, 1.82) is 0 Å². The monoisotopic (exact) mass is 285 g/mol. The number of aromatic nitrogens is 1. The first kappa shape index (κ1) is 10.6. The summed E-state index contributed by atoms with van der Waals surface area (Å²) in [5.74, 6) is -0.285. The highest BCUT2D eigenvalue weighted by Crippen LogP contribution is 2.25. The van der Waals surface area contributed by atoms with Crippen molar-refractivity contribution in [3.63, 3.8) is 0 Å². The van der Waals surface area contributed by atoms with E-state index in [1.165, 1.54) is 12.1 Å². The summed E-state index contributed by atoms with van der Waals surface area (Å²) < 4.78 is 13.8. The standard InChI is InChI=1S/C11H6BrClFN/c12-9-3-8(4-10(14)6-9)7-1-2-15-11(13)5-7/h1-6H. The average molecular weight is 287 g/mol. The van der Waals surface area contributed by atoms with Gasteiger partial charge in [0.2, 0.25) is 0 Å². The van der Waals surface area contributed by atoms with E-state index in [0.29, 0.717) is 9.63 Å². The van der Waals surface area contributed by atoms with Gasteiger partial charge in [0.25, 0.3) is 0 Å². The molecular weight excluding hydrogens is 280 g/mol. The summed E-state index contributed by atoms with van der Waals surface area (Å²) in [7, 11) is 0. The van der Waals surface area contributed by atoms with Gasteiger partial charge in [0.1, 0.15) is 11.0 Å². The van der Waals surface area contributed by atoms with Crippen molar-refractivity contribution in [2.45, 2.75) is 0 Å². The number of hydrogen-bond acceptors (Lipinski definition) is 1. The van der Waals surface area contributed by atoms with Crippen LogP contribution in [-0.2, 0) is 0 Å². The molecule has 0 fully saturated rings. The molecule has 2 aromatic rings. The fourth-order valence-electron chi connectivity index (χ4n) is 1.30. The van der Waals surface area contributed by atoms with Crippen LogP contribution < -0.4 is 0 Å². The van der Waals surface area contributed by atoms with Gasteiger partial charge in [-0.25, -0.2) is 9.37 Å². The number of benzene rings is 1. The van der Waals surface area contributed by atoms with E-state index >= 15 is 0 Å². The summed E-state index contributed by atoms with van der Waals surface area (Å²) in [6.45, 7) is 0. The van der Waals surface area contributed by atoms with E-state index in [2.05, 4.69) is 20.9 Å². The van der Waals surface area contributed by atoms with Gasteiger partial charge in [-0.1, -0.05) is 27.5 Å². The van der Waals surface area contributed by atoms with E-state index in [-0.39, 0.29) is 5.82 Å². The Kier molecular flexibility index (Phi) is 3.03. The van der Waals surface area contributed by atoms with E-state index in [9.17, 15) is 4.39 Å². The van der Waals surface area contributed by atoms with Crippen molar-refractivity contribution in [2.75, 3.05) is 0 Å². The largest absolute Gasteiger partial charge is 0.245 e. The second kappa shape index (κ2) is 4.29. The number of pyridine rings is 1. The molecule has 0 saturated heterocycles. The molecule has 1 aromatic heterocycles. The van der Waals surface area contributed by atoms with Crippen LogP contribution in [0.4, 0.5) is 4.39 Å². The lowest BCUT2D eigenvalue weighted by atomic mass is 10.1. The summed E-state index contributed by atoms with van der Waals surface area (Å²) >= 11 is 9.00. The van der Waals surface area contributed by atoms with Crippen molar-refractivity contribution in [1.82, 2.24) is 4.98 Å². The Balaban J connectivity index is 2.54. The predicted molar refractivity (Wildman–Crippen MR) is 62.3 cm³/mol. The Hall–Kier alpha value is -0.930. The minimum absolute atomic E-state index is 0.285. The molecule has 0 aliphatic carbocycles. The summed E-state index contributed by atoms with van der Waals surface area (Å²) in [5, 5.41) is 0.396. The van der Waals surface area contributed by atoms with Crippen LogP contribution in [0.1, 0.15) is 0 Å². The molecule has 2 rings (SSSR count). The Labute approximate surface area is 100 Å². The molecule has 0 unspecified atom stereocenters. The quantitative estimate of drug-likeness (QED) is 0.712. The first-order valence-electron chi connectivity index (χ1n) is 4.23. The lowest BCUT2D eigenvalue weighted by Gasteiger charge is -2.02. The van der Waals surface area contributed by atoms with Crippen LogP contribution in [0.5, 0.6) is 0 Å². The lowest BCUT2D eigenvalue weighted by molar-refractivity contribution is 0.627. The summed E-state index contributed by atoms with van der Waals surface area (Å²) in [6.07, 6.45) is 1.59. The molecule has 1 nitrogen and oxygen atoms in total. The van der Waals surface area contributed by atoms with Crippen LogP contribution in [0.15, 0.2) is 41.0 Å². The fraction of sp³-hybridized carbons (Fsp3) is 0. The molecule has 15 heavy (non-hydrogen) atoms. The maximum absolute atomic E-state index is 13.1. The Bertz CT molecular complexity index is 481. The van der Waals surface area contributed by atoms with Crippen LogP contribution in [0, 0.1) is 5.82 Å². The number of hydrogen-bond donors (Lipinski definition) is 0. The normalized spacial score (nSPS) is 10.3. The van der Waals surface area contributed by atoms with E-state index in [0.717, 1.165) is 11.1 Å². The molecule has 0 bridgehead atoms. The molecule has 0 radical (unpaired) electrons. The van der Waals surface area contributed by atoms with Gasteiger partial charge in [-0.2, -0.15) is 0 Å². The van der Waals surface area contributed by atoms with E-state index in [1.807, 2.05) is 6.07 Å². The SMILES string of the molecule is Fc1cc(Br)cc(-c2ccnc(Cl)c2)c1. The van der Waals surface area contributed by atoms with Crippen LogP contribution >= 0.6 is 27.5 Å². The highest BCUT2D eigenvalue weighted by Gasteiger charge is 2.02. The zero-order valence-corrected chi connectivity index (χ0v) is 9.89. The zero-order chi connectivity index (χ0) is 10.8. The van der Waals surface area contributed by atoms with Crippen LogP contribution in [0.3, 0.4) is 0 Å². The fourth-order valence-corrected chi connectivity index (χ4v) is 1.94. The topological polar surface area (TPSA) is 12.9 Å². The van der Waals surface area contributed by atoms with Gasteiger partial charge in [0, 0.05) is 10.7 Å². The first-order chi connectivity index (χ1) is 7.15. The number of nitrogens with zero attached hydrogens (tertiary/aromatic N) is 1. The van der Waals surface area contributed by atoms with E-state index in [1.54, 1.807) is 18.3 Å². The maximum Gasteiger partial charge on any atom is 0.129 e. The van der Waals surface area contributed by atoms with Gasteiger partial charge in [-0.3, -0.25) is 0 Å². The van der Waals surface area contributed by atoms with Crippen molar-refractivity contribution < 1.29 is 4.39 Å². The third kappa shape index (κ3) is 2.55. The Morgan fingerprint density at radius 1 is 1.13 bits per heavy atom. The van der Waals surface area contributed by atoms with Gasteiger partial charge in [0.15, 0.2) is 0 Å². The van der Waals surface area contributed by atoms with Gasteiger partial charge < -0.3 is 0 Å². The zero-order valence-electron chi connectivity index (χ0n) is 7.55. The third-order valence-corrected chi connectivity index (χ3v) is 2.59. The minimum atomic E-state index is -0.285. The van der Waals surface area contributed by atoms with Crippen molar-refractivity contribution in [3.05, 3.63) is 52.0 Å². The molecule has 0 N–H and O–H groups in total. The van der Waals surface area contributed by atoms with Gasteiger partial charge in [-0.15, -0.1) is 0 Å². The average Bonchev–Trinajstić information content (AvgIpc) is 2.16. The van der Waals surface area contributed by atoms with Crippen molar-refractivity contribution in [2.24, 2.45) is 0 Å². The van der Waals surface area contributed by atoms with Crippen molar-refractivity contribution >= 4 is 27.5 Å². The second-order valence-corrected chi connectivity index (χ2v) is 4.33. The number of rotatable bonds is 1. The van der Waals surface area contributed by atoms with Crippen LogP contribution in [-0.4, -0.2) is 4.98 Å².